The van der Waals surface area contributed by atoms with Crippen LogP contribution < -0.4 is 4.72 Å². The number of hydrogen-bond acceptors (Lipinski definition) is 3. The Morgan fingerprint density at radius 2 is 2.15 bits per heavy atom. The molecule has 1 aliphatic carbocycles. The van der Waals surface area contributed by atoms with Crippen LogP contribution in [-0.2, 0) is 16.6 Å². The Balaban J connectivity index is 1.70. The van der Waals surface area contributed by atoms with Crippen LogP contribution in [0, 0.1) is 0 Å². The average molecular weight is 377 g/mol. The zero-order chi connectivity index (χ0) is 18.5. The lowest BCUT2D eigenvalue weighted by molar-refractivity contribution is 0.105. The van der Waals surface area contributed by atoms with Crippen LogP contribution in [0.5, 0.6) is 0 Å². The number of aromatic amines is 1. The van der Waals surface area contributed by atoms with Crippen LogP contribution in [0.1, 0.15) is 36.8 Å². The van der Waals surface area contributed by atoms with Gasteiger partial charge in [-0.05, 0) is 43.0 Å². The number of piperidine rings is 1. The van der Waals surface area contributed by atoms with E-state index in [4.69, 9.17) is 0 Å². The lowest BCUT2D eigenvalue weighted by Gasteiger charge is -2.47. The molecule has 1 saturated heterocycles. The molecule has 0 unspecified atom stereocenters. The molecule has 2 N–H and O–H groups in total. The van der Waals surface area contributed by atoms with Crippen molar-refractivity contribution >= 4 is 21.1 Å². The van der Waals surface area contributed by atoms with Crippen molar-refractivity contribution in [1.29, 1.82) is 0 Å². The van der Waals surface area contributed by atoms with Crippen molar-refractivity contribution in [2.75, 3.05) is 27.2 Å². The molecule has 0 amide bonds. The van der Waals surface area contributed by atoms with Gasteiger partial charge in [-0.3, -0.25) is 4.90 Å². The quantitative estimate of drug-likeness (QED) is 0.839. The van der Waals surface area contributed by atoms with E-state index in [1.54, 1.807) is 14.1 Å². The van der Waals surface area contributed by atoms with Gasteiger partial charge in [0.2, 0.25) is 0 Å². The van der Waals surface area contributed by atoms with Crippen molar-refractivity contribution in [3.63, 3.8) is 0 Å². The number of H-pyrrole nitrogens is 1. The SMILES string of the molecule is CCCN1C[C@@H](NS(=O)(=O)N(C)C)C[C@@H]2c3cccc4[nH]cc(c34)C[C@H]21. The Hall–Kier alpha value is -1.41. The van der Waals surface area contributed by atoms with E-state index in [1.165, 1.54) is 26.3 Å². The summed E-state index contributed by atoms with van der Waals surface area (Å²) >= 11 is 0. The average Bonchev–Trinajstić information content (AvgIpc) is 3.00. The number of nitrogens with one attached hydrogen (secondary N) is 2. The van der Waals surface area contributed by atoms with Crippen LogP contribution in [0.25, 0.3) is 10.9 Å². The monoisotopic (exact) mass is 376 g/mol. The van der Waals surface area contributed by atoms with Crippen molar-refractivity contribution in [3.8, 4) is 0 Å². The van der Waals surface area contributed by atoms with Gasteiger partial charge >= 0.3 is 0 Å². The van der Waals surface area contributed by atoms with E-state index in [0.717, 1.165) is 32.4 Å². The minimum Gasteiger partial charge on any atom is -0.361 e. The van der Waals surface area contributed by atoms with Crippen molar-refractivity contribution in [2.45, 2.75) is 44.2 Å². The summed E-state index contributed by atoms with van der Waals surface area (Å²) in [4.78, 5) is 5.90. The van der Waals surface area contributed by atoms with Gasteiger partial charge in [-0.1, -0.05) is 19.1 Å². The molecule has 7 heteroatoms. The van der Waals surface area contributed by atoms with Crippen molar-refractivity contribution in [3.05, 3.63) is 35.5 Å². The molecule has 0 spiro atoms. The maximum atomic E-state index is 12.4. The second-order valence-electron chi connectivity index (χ2n) is 7.79. The summed E-state index contributed by atoms with van der Waals surface area (Å²) < 4.78 is 28.9. The number of fused-ring (bicyclic) bond motifs is 2. The van der Waals surface area contributed by atoms with Crippen LogP contribution in [-0.4, -0.2) is 61.9 Å². The molecule has 2 aliphatic rings. The third-order valence-electron chi connectivity index (χ3n) is 5.88. The first kappa shape index (κ1) is 18.0. The van der Waals surface area contributed by atoms with Gasteiger partial charge in [0.25, 0.3) is 10.2 Å². The molecule has 1 fully saturated rings. The highest BCUT2D eigenvalue weighted by Crippen LogP contribution is 2.43. The van der Waals surface area contributed by atoms with E-state index in [-0.39, 0.29) is 6.04 Å². The lowest BCUT2D eigenvalue weighted by Crippen LogP contribution is -2.57. The van der Waals surface area contributed by atoms with E-state index in [0.29, 0.717) is 12.0 Å². The topological polar surface area (TPSA) is 68.4 Å². The lowest BCUT2D eigenvalue weighted by atomic mass is 9.74. The zero-order valence-electron chi connectivity index (χ0n) is 15.7. The molecule has 0 radical (unpaired) electrons. The highest BCUT2D eigenvalue weighted by Gasteiger charge is 2.41. The third kappa shape index (κ3) is 2.97. The second-order valence-corrected chi connectivity index (χ2v) is 9.71. The number of hydrogen-bond donors (Lipinski definition) is 2. The standard InChI is InChI=1S/C19H28N4O2S/c1-4-8-23-12-14(21-26(24,25)22(2)3)10-16-15-6-5-7-17-19(15)13(11-20-17)9-18(16)23/h5-7,11,14,16,18,20-21H,4,8-10,12H2,1-3H3/t14-,16+,18+/m0/s1. The first-order valence-corrected chi connectivity index (χ1v) is 10.9. The van der Waals surface area contributed by atoms with Crippen LogP contribution in [0.2, 0.25) is 0 Å². The molecule has 2 aromatic rings. The van der Waals surface area contributed by atoms with Crippen molar-refractivity contribution < 1.29 is 8.42 Å². The van der Waals surface area contributed by atoms with Gasteiger partial charge in [-0.2, -0.15) is 17.4 Å². The molecule has 1 aromatic carbocycles. The van der Waals surface area contributed by atoms with Gasteiger partial charge in [0.1, 0.15) is 0 Å². The van der Waals surface area contributed by atoms with E-state index < -0.39 is 10.2 Å². The maximum absolute atomic E-state index is 12.4. The Morgan fingerprint density at radius 3 is 2.88 bits per heavy atom. The fourth-order valence-corrected chi connectivity index (χ4v) is 5.55. The molecule has 0 saturated carbocycles. The Kier molecular flexibility index (Phi) is 4.59. The number of benzene rings is 1. The van der Waals surface area contributed by atoms with Gasteiger partial charge in [-0.15, -0.1) is 0 Å². The summed E-state index contributed by atoms with van der Waals surface area (Å²) in [7, 11) is -0.276. The molecule has 6 nitrogen and oxygen atoms in total. The molecule has 1 aliphatic heterocycles. The Morgan fingerprint density at radius 1 is 1.35 bits per heavy atom. The van der Waals surface area contributed by atoms with Gasteiger partial charge in [0, 0.05) is 55.7 Å². The summed E-state index contributed by atoms with van der Waals surface area (Å²) in [5.41, 5.74) is 3.95. The smallest absolute Gasteiger partial charge is 0.279 e. The van der Waals surface area contributed by atoms with Gasteiger partial charge < -0.3 is 4.98 Å². The number of aromatic nitrogens is 1. The molecular weight excluding hydrogens is 348 g/mol. The number of nitrogens with zero attached hydrogens (tertiary/aromatic N) is 2. The molecule has 26 heavy (non-hydrogen) atoms. The zero-order valence-corrected chi connectivity index (χ0v) is 16.5. The summed E-state index contributed by atoms with van der Waals surface area (Å²) in [5, 5.41) is 1.35. The summed E-state index contributed by atoms with van der Waals surface area (Å²) in [5.74, 6) is 0.358. The third-order valence-corrected chi connectivity index (χ3v) is 7.47. The predicted molar refractivity (Wildman–Crippen MR) is 105 cm³/mol. The van der Waals surface area contributed by atoms with Crippen LogP contribution in [0.3, 0.4) is 0 Å². The number of rotatable bonds is 5. The highest BCUT2D eigenvalue weighted by molar-refractivity contribution is 7.87. The molecule has 0 bridgehead atoms. The Labute approximate surface area is 155 Å². The molecule has 4 rings (SSSR count). The molecule has 142 valence electrons. The van der Waals surface area contributed by atoms with E-state index in [1.807, 2.05) is 0 Å². The first-order chi connectivity index (χ1) is 12.4. The highest BCUT2D eigenvalue weighted by atomic mass is 32.2. The minimum atomic E-state index is -3.43. The fourth-order valence-electron chi connectivity index (χ4n) is 4.74. The summed E-state index contributed by atoms with van der Waals surface area (Å²) in [6.45, 7) is 3.96. The van der Waals surface area contributed by atoms with E-state index in [2.05, 4.69) is 45.9 Å². The van der Waals surface area contributed by atoms with Gasteiger partial charge in [0.15, 0.2) is 0 Å². The minimum absolute atomic E-state index is 0.0639. The summed E-state index contributed by atoms with van der Waals surface area (Å²) in [6, 6.07) is 6.85. The van der Waals surface area contributed by atoms with Crippen LogP contribution in [0.15, 0.2) is 24.4 Å². The molecule has 1 aromatic heterocycles. The van der Waals surface area contributed by atoms with Gasteiger partial charge in [-0.25, -0.2) is 0 Å². The van der Waals surface area contributed by atoms with Crippen LogP contribution in [0.4, 0.5) is 0 Å². The van der Waals surface area contributed by atoms with Crippen molar-refractivity contribution in [1.82, 2.24) is 18.9 Å². The molecule has 3 atom stereocenters. The first-order valence-electron chi connectivity index (χ1n) is 9.43. The number of likely N-dealkylation sites (tertiary alicyclic amines) is 1. The van der Waals surface area contributed by atoms with E-state index >= 15 is 0 Å². The summed E-state index contributed by atoms with van der Waals surface area (Å²) in [6.07, 6.45) is 5.10. The Bertz CT molecular complexity index is 905. The van der Waals surface area contributed by atoms with E-state index in [9.17, 15) is 8.42 Å². The largest absolute Gasteiger partial charge is 0.361 e. The molecule has 2 heterocycles. The van der Waals surface area contributed by atoms with Gasteiger partial charge in [0.05, 0.1) is 0 Å². The second kappa shape index (κ2) is 6.64. The molecular formula is C19H28N4O2S. The fraction of sp³-hybridized carbons (Fsp3) is 0.579. The normalized spacial score (nSPS) is 26.4. The van der Waals surface area contributed by atoms with Crippen molar-refractivity contribution in [2.24, 2.45) is 0 Å². The predicted octanol–water partition coefficient (Wildman–Crippen LogP) is 2.06. The van der Waals surface area contributed by atoms with Crippen LogP contribution >= 0.6 is 0 Å². The maximum Gasteiger partial charge on any atom is 0.279 e.